The van der Waals surface area contributed by atoms with E-state index in [-0.39, 0.29) is 33.0 Å². The molecule has 0 saturated carbocycles. The SMILES string of the molecule is CCCCCCCCCCCC/C=C/[C@@H](F)[C@H](CO[C@H]1O[C@H](COCc2ccccc2)[C@H](OCc2ccccc2)[C@H](OCc2ccccc2)[C@H]1OCc1ccccc1)NC(=O)OC(C)(C)C. The van der Waals surface area contributed by atoms with Crippen LogP contribution in [0.5, 0.6) is 0 Å². The van der Waals surface area contributed by atoms with Crippen LogP contribution in [0.1, 0.15) is 121 Å². The fraction of sp³-hybridized carbons (Fsp3) is 0.518. The van der Waals surface area contributed by atoms with Gasteiger partial charge in [-0.3, -0.25) is 0 Å². The van der Waals surface area contributed by atoms with Gasteiger partial charge in [0, 0.05) is 0 Å². The van der Waals surface area contributed by atoms with Crippen LogP contribution < -0.4 is 5.32 Å². The topological polar surface area (TPSA) is 93.7 Å². The molecule has 0 bridgehead atoms. The summed E-state index contributed by atoms with van der Waals surface area (Å²) in [6.07, 6.45) is 10.1. The van der Waals surface area contributed by atoms with Gasteiger partial charge in [0.1, 0.15) is 36.2 Å². The van der Waals surface area contributed by atoms with Crippen LogP contribution in [0.15, 0.2) is 133 Å². The van der Waals surface area contributed by atoms with Gasteiger partial charge in [-0.25, -0.2) is 9.18 Å². The number of benzene rings is 4. The highest BCUT2D eigenvalue weighted by Crippen LogP contribution is 2.32. The minimum absolute atomic E-state index is 0.137. The lowest BCUT2D eigenvalue weighted by molar-refractivity contribution is -0.329. The zero-order valence-electron chi connectivity index (χ0n) is 39.9. The molecule has 5 rings (SSSR count). The Hall–Kier alpha value is -4.42. The summed E-state index contributed by atoms with van der Waals surface area (Å²) in [7, 11) is 0. The van der Waals surface area contributed by atoms with Crippen molar-refractivity contribution in [2.45, 2.75) is 173 Å². The molecule has 7 atom stereocenters. The highest BCUT2D eigenvalue weighted by Gasteiger charge is 2.49. The average molecular weight is 910 g/mol. The smallest absolute Gasteiger partial charge is 0.408 e. The molecular weight excluding hydrogens is 834 g/mol. The molecule has 1 saturated heterocycles. The Labute approximate surface area is 394 Å². The zero-order chi connectivity index (χ0) is 46.7. The van der Waals surface area contributed by atoms with Crippen molar-refractivity contribution < 1.29 is 42.3 Å². The third-order valence-electron chi connectivity index (χ3n) is 11.4. The maximum Gasteiger partial charge on any atom is 0.408 e. The van der Waals surface area contributed by atoms with Crippen molar-refractivity contribution in [3.8, 4) is 0 Å². The van der Waals surface area contributed by atoms with Gasteiger partial charge in [0.25, 0.3) is 0 Å². The molecule has 4 aromatic rings. The molecule has 1 fully saturated rings. The number of rotatable bonds is 30. The van der Waals surface area contributed by atoms with Gasteiger partial charge in [0.15, 0.2) is 6.29 Å². The van der Waals surface area contributed by atoms with E-state index in [4.69, 9.17) is 33.2 Å². The number of unbranched alkanes of at least 4 members (excludes halogenated alkanes) is 10. The third-order valence-corrected chi connectivity index (χ3v) is 11.4. The molecule has 0 unspecified atom stereocenters. The van der Waals surface area contributed by atoms with Gasteiger partial charge in [-0.1, -0.05) is 198 Å². The van der Waals surface area contributed by atoms with Crippen LogP contribution in [0.4, 0.5) is 9.18 Å². The summed E-state index contributed by atoms with van der Waals surface area (Å²) >= 11 is 0. The quantitative estimate of drug-likeness (QED) is 0.0408. The molecule has 9 nitrogen and oxygen atoms in total. The molecule has 1 aliphatic rings. The maximum absolute atomic E-state index is 16.4. The van der Waals surface area contributed by atoms with E-state index in [9.17, 15) is 4.79 Å². The highest BCUT2D eigenvalue weighted by atomic mass is 19.1. The van der Waals surface area contributed by atoms with Crippen molar-refractivity contribution >= 4 is 6.09 Å². The summed E-state index contributed by atoms with van der Waals surface area (Å²) < 4.78 is 62.2. The second-order valence-corrected chi connectivity index (χ2v) is 18.3. The van der Waals surface area contributed by atoms with E-state index in [0.29, 0.717) is 6.61 Å². The lowest BCUT2D eigenvalue weighted by atomic mass is 9.97. The molecule has 0 aromatic heterocycles. The molecular formula is C56H76FNO8. The molecule has 1 amide bonds. The minimum atomic E-state index is -1.58. The van der Waals surface area contributed by atoms with Crippen molar-refractivity contribution in [2.75, 3.05) is 13.2 Å². The fourth-order valence-electron chi connectivity index (χ4n) is 7.86. The first-order chi connectivity index (χ1) is 32.2. The Kier molecular flexibility index (Phi) is 23.9. The van der Waals surface area contributed by atoms with Crippen molar-refractivity contribution in [1.29, 1.82) is 0 Å². The zero-order valence-corrected chi connectivity index (χ0v) is 39.9. The molecule has 10 heteroatoms. The first-order valence-electron chi connectivity index (χ1n) is 24.3. The number of alkyl carbamates (subject to hydrolysis) is 1. The van der Waals surface area contributed by atoms with Crippen LogP contribution in [0.3, 0.4) is 0 Å². The Morgan fingerprint density at radius 3 is 1.58 bits per heavy atom. The number of hydrogen-bond donors (Lipinski definition) is 1. The molecule has 360 valence electrons. The van der Waals surface area contributed by atoms with Gasteiger partial charge in [0.2, 0.25) is 0 Å². The summed E-state index contributed by atoms with van der Waals surface area (Å²) in [6, 6.07) is 38.5. The molecule has 1 aliphatic heterocycles. The summed E-state index contributed by atoms with van der Waals surface area (Å²) in [5, 5.41) is 2.76. The Bertz CT molecular complexity index is 1880. The van der Waals surface area contributed by atoms with Crippen LogP contribution in [-0.2, 0) is 59.6 Å². The van der Waals surface area contributed by atoms with Crippen molar-refractivity contribution in [2.24, 2.45) is 0 Å². The molecule has 1 heterocycles. The Morgan fingerprint density at radius 1 is 0.621 bits per heavy atom. The molecule has 0 aliphatic carbocycles. The third kappa shape index (κ3) is 20.2. The number of nitrogens with one attached hydrogen (secondary N) is 1. The Balaban J connectivity index is 1.37. The van der Waals surface area contributed by atoms with Gasteiger partial charge < -0.3 is 38.5 Å². The largest absolute Gasteiger partial charge is 0.444 e. The predicted octanol–water partition coefficient (Wildman–Crippen LogP) is 12.8. The standard InChI is InChI=1S/C56H76FNO8/c1-5-6-7-8-9-10-11-12-13-14-15-28-37-48(57)49(58-55(59)66-56(2,3)4)42-64-54-53(63-41-47-35-26-19-27-36-47)52(62-40-46-33-24-18-25-34-46)51(61-39-45-31-22-17-23-32-45)50(65-54)43-60-38-44-29-20-16-21-30-44/h16-37,48-54H,5-15,38-43H2,1-4H3,(H,58,59)/b37-28+/t48-,49+,50-,51+,52+,53-,54+/m1/s1. The molecule has 0 spiro atoms. The Morgan fingerprint density at radius 2 is 1.08 bits per heavy atom. The number of amides is 1. The summed E-state index contributed by atoms with van der Waals surface area (Å²) in [4.78, 5) is 13.2. The lowest BCUT2D eigenvalue weighted by Gasteiger charge is -2.46. The lowest BCUT2D eigenvalue weighted by Crippen LogP contribution is -2.62. The number of carbonyl (C=O) groups is 1. The number of carbonyl (C=O) groups excluding carboxylic acids is 1. The van der Waals surface area contributed by atoms with Crippen LogP contribution in [0, 0.1) is 0 Å². The van der Waals surface area contributed by atoms with E-state index in [1.54, 1.807) is 20.8 Å². The number of alkyl halides is 1. The molecule has 1 N–H and O–H groups in total. The monoisotopic (exact) mass is 910 g/mol. The summed E-state index contributed by atoms with van der Waals surface area (Å²) in [5.41, 5.74) is 3.10. The number of allylic oxidation sites excluding steroid dienone is 1. The van der Waals surface area contributed by atoms with Crippen molar-refractivity contribution in [1.82, 2.24) is 5.32 Å². The minimum Gasteiger partial charge on any atom is -0.444 e. The van der Waals surface area contributed by atoms with Gasteiger partial charge in [0.05, 0.1) is 45.7 Å². The predicted molar refractivity (Wildman–Crippen MR) is 259 cm³/mol. The number of ether oxygens (including phenoxy) is 7. The van der Waals surface area contributed by atoms with Crippen LogP contribution >= 0.6 is 0 Å². The normalized spacial score (nSPS) is 19.7. The fourth-order valence-corrected chi connectivity index (χ4v) is 7.86. The molecule has 0 radical (unpaired) electrons. The maximum atomic E-state index is 16.4. The van der Waals surface area contributed by atoms with Crippen molar-refractivity contribution in [3.05, 3.63) is 156 Å². The highest BCUT2D eigenvalue weighted by molar-refractivity contribution is 5.68. The second-order valence-electron chi connectivity index (χ2n) is 18.3. The van der Waals surface area contributed by atoms with E-state index < -0.39 is 54.6 Å². The van der Waals surface area contributed by atoms with E-state index in [2.05, 4.69) is 12.2 Å². The van der Waals surface area contributed by atoms with Gasteiger partial charge in [-0.2, -0.15) is 0 Å². The second kappa shape index (κ2) is 30.1. The number of halogens is 1. The number of hydrogen-bond acceptors (Lipinski definition) is 8. The summed E-state index contributed by atoms with van der Waals surface area (Å²) in [5.74, 6) is 0. The van der Waals surface area contributed by atoms with E-state index in [1.807, 2.05) is 127 Å². The van der Waals surface area contributed by atoms with Crippen LogP contribution in [0.2, 0.25) is 0 Å². The van der Waals surface area contributed by atoms with Crippen LogP contribution in [0.25, 0.3) is 0 Å². The van der Waals surface area contributed by atoms with Gasteiger partial charge in [-0.15, -0.1) is 0 Å². The van der Waals surface area contributed by atoms with Gasteiger partial charge >= 0.3 is 6.09 Å². The van der Waals surface area contributed by atoms with E-state index in [0.717, 1.165) is 41.5 Å². The van der Waals surface area contributed by atoms with Crippen LogP contribution in [-0.4, -0.2) is 67.8 Å². The summed E-state index contributed by atoms with van der Waals surface area (Å²) in [6.45, 7) is 8.54. The first-order valence-corrected chi connectivity index (χ1v) is 24.3. The van der Waals surface area contributed by atoms with Gasteiger partial charge in [-0.05, 0) is 55.9 Å². The molecule has 66 heavy (non-hydrogen) atoms. The van der Waals surface area contributed by atoms with Crippen molar-refractivity contribution in [3.63, 3.8) is 0 Å². The van der Waals surface area contributed by atoms with E-state index in [1.165, 1.54) is 57.4 Å². The van der Waals surface area contributed by atoms with E-state index >= 15 is 4.39 Å². The molecule has 4 aromatic carbocycles. The average Bonchev–Trinajstić information content (AvgIpc) is 3.32. The first kappa shape index (κ1) is 52.5.